The van der Waals surface area contributed by atoms with Crippen LogP contribution >= 0.6 is 0 Å². The number of hydrogen-bond acceptors (Lipinski definition) is 5. The zero-order valence-electron chi connectivity index (χ0n) is 25.5. The van der Waals surface area contributed by atoms with Gasteiger partial charge in [0.25, 0.3) is 5.91 Å². The van der Waals surface area contributed by atoms with Gasteiger partial charge in [0.1, 0.15) is 5.82 Å². The molecule has 2 saturated heterocycles. The molecule has 0 saturated carbocycles. The lowest BCUT2D eigenvalue weighted by Crippen LogP contribution is -2.42. The summed E-state index contributed by atoms with van der Waals surface area (Å²) in [5.41, 5.74) is 7.61. The Morgan fingerprint density at radius 2 is 1.58 bits per heavy atom. The third-order valence-electron chi connectivity index (χ3n) is 9.25. The van der Waals surface area contributed by atoms with E-state index in [-0.39, 0.29) is 11.9 Å². The number of amides is 1. The molecule has 6 heteroatoms. The molecule has 2 aliphatic heterocycles. The molecule has 1 atom stereocenters. The fourth-order valence-corrected chi connectivity index (χ4v) is 6.88. The van der Waals surface area contributed by atoms with Crippen molar-refractivity contribution in [3.05, 3.63) is 120 Å². The van der Waals surface area contributed by atoms with Crippen molar-refractivity contribution in [3.63, 3.8) is 0 Å². The predicted octanol–water partition coefficient (Wildman–Crippen LogP) is 7.75. The standard InChI is InChI=1S/C39H37N5O/c40-25-28-14-16-29(17-15-28)31-18-19-37-35(23-31)36(39(45)44-22-8-12-33(44)27-43-20-6-7-21-43)24-38(42-37)41-26-32-11-4-5-13-34(32)30-9-2-1-3-10-30/h1-5,9-11,13-19,23-24,33H,6-8,12,20-22,26-27H2,(H,41,42)/t33-/m0/s1. The topological polar surface area (TPSA) is 72.3 Å². The Balaban J connectivity index is 1.24. The van der Waals surface area contributed by atoms with Gasteiger partial charge in [-0.2, -0.15) is 5.26 Å². The van der Waals surface area contributed by atoms with Crippen molar-refractivity contribution in [3.8, 4) is 28.3 Å². The third-order valence-corrected chi connectivity index (χ3v) is 9.25. The number of anilines is 1. The number of likely N-dealkylation sites (tertiary alicyclic amines) is 2. The van der Waals surface area contributed by atoms with E-state index in [1.165, 1.54) is 29.5 Å². The Labute approximate surface area is 264 Å². The highest BCUT2D eigenvalue weighted by molar-refractivity contribution is 6.08. The first-order chi connectivity index (χ1) is 22.2. The van der Waals surface area contributed by atoms with E-state index < -0.39 is 0 Å². The Bertz CT molecular complexity index is 1860. The highest BCUT2D eigenvalue weighted by atomic mass is 16.2. The number of fused-ring (bicyclic) bond motifs is 1. The summed E-state index contributed by atoms with van der Waals surface area (Å²) in [6.07, 6.45) is 4.57. The van der Waals surface area contributed by atoms with Gasteiger partial charge < -0.3 is 15.1 Å². The third kappa shape index (κ3) is 6.18. The van der Waals surface area contributed by atoms with E-state index in [1.807, 2.05) is 48.5 Å². The molecule has 0 bridgehead atoms. The molecule has 4 aromatic carbocycles. The Morgan fingerprint density at radius 3 is 2.38 bits per heavy atom. The first-order valence-electron chi connectivity index (χ1n) is 16.0. The van der Waals surface area contributed by atoms with Crippen molar-refractivity contribution in [1.29, 1.82) is 5.26 Å². The lowest BCUT2D eigenvalue weighted by Gasteiger charge is -2.29. The molecule has 45 heavy (non-hydrogen) atoms. The van der Waals surface area contributed by atoms with Crippen molar-refractivity contribution < 1.29 is 4.79 Å². The Morgan fingerprint density at radius 1 is 0.822 bits per heavy atom. The van der Waals surface area contributed by atoms with Gasteiger partial charge in [0.15, 0.2) is 0 Å². The summed E-state index contributed by atoms with van der Waals surface area (Å²) < 4.78 is 0. The van der Waals surface area contributed by atoms with Crippen molar-refractivity contribution in [2.24, 2.45) is 0 Å². The molecule has 1 aromatic heterocycles. The average molecular weight is 592 g/mol. The van der Waals surface area contributed by atoms with E-state index >= 15 is 0 Å². The fourth-order valence-electron chi connectivity index (χ4n) is 6.88. The molecule has 7 rings (SSSR count). The molecular weight excluding hydrogens is 554 g/mol. The maximum absolute atomic E-state index is 14.5. The van der Waals surface area contributed by atoms with E-state index in [1.54, 1.807) is 0 Å². The molecule has 2 aliphatic rings. The van der Waals surface area contributed by atoms with Gasteiger partial charge in [0.2, 0.25) is 0 Å². The number of nitriles is 1. The number of hydrogen-bond donors (Lipinski definition) is 1. The zero-order chi connectivity index (χ0) is 30.6. The maximum atomic E-state index is 14.5. The van der Waals surface area contributed by atoms with Crippen LogP contribution in [0.3, 0.4) is 0 Å². The molecule has 1 amide bonds. The van der Waals surface area contributed by atoms with Crippen LogP contribution in [-0.2, 0) is 6.54 Å². The average Bonchev–Trinajstić information content (AvgIpc) is 3.80. The van der Waals surface area contributed by atoms with Crippen LogP contribution in [0.5, 0.6) is 0 Å². The number of benzene rings is 4. The monoisotopic (exact) mass is 591 g/mol. The van der Waals surface area contributed by atoms with Crippen LogP contribution in [0.1, 0.15) is 47.2 Å². The van der Waals surface area contributed by atoms with E-state index in [4.69, 9.17) is 4.98 Å². The van der Waals surface area contributed by atoms with Crippen molar-refractivity contribution in [1.82, 2.24) is 14.8 Å². The number of nitrogens with one attached hydrogen (secondary N) is 1. The SMILES string of the molecule is N#Cc1ccc(-c2ccc3nc(NCc4ccccc4-c4ccccc4)cc(C(=O)N4CCC[C@H]4CN4CCCC4)c3c2)cc1. The van der Waals surface area contributed by atoms with Gasteiger partial charge in [-0.05, 0) is 96.9 Å². The lowest BCUT2D eigenvalue weighted by molar-refractivity contribution is 0.0710. The second kappa shape index (κ2) is 12.9. The molecule has 6 nitrogen and oxygen atoms in total. The molecule has 1 N–H and O–H groups in total. The number of rotatable bonds is 8. The van der Waals surface area contributed by atoms with Gasteiger partial charge in [-0.25, -0.2) is 4.98 Å². The minimum absolute atomic E-state index is 0.0776. The zero-order valence-corrected chi connectivity index (χ0v) is 25.5. The molecule has 0 unspecified atom stereocenters. The van der Waals surface area contributed by atoms with Gasteiger partial charge in [0, 0.05) is 31.1 Å². The van der Waals surface area contributed by atoms with Crippen LogP contribution in [0.4, 0.5) is 5.82 Å². The fraction of sp³-hybridized carbons (Fsp3) is 0.256. The van der Waals surface area contributed by atoms with Crippen LogP contribution in [0.25, 0.3) is 33.2 Å². The molecule has 5 aromatic rings. The van der Waals surface area contributed by atoms with E-state index in [2.05, 4.69) is 75.8 Å². The summed E-state index contributed by atoms with van der Waals surface area (Å²) in [6, 6.07) is 36.9. The van der Waals surface area contributed by atoms with Crippen LogP contribution in [0.15, 0.2) is 103 Å². The van der Waals surface area contributed by atoms with Crippen LogP contribution in [0.2, 0.25) is 0 Å². The first kappa shape index (κ1) is 28.8. The largest absolute Gasteiger partial charge is 0.366 e. The number of carbonyl (C=O) groups excluding carboxylic acids is 1. The number of nitrogens with zero attached hydrogens (tertiary/aromatic N) is 4. The molecule has 224 valence electrons. The van der Waals surface area contributed by atoms with Crippen molar-refractivity contribution >= 4 is 22.6 Å². The van der Waals surface area contributed by atoms with Gasteiger partial charge in [0.05, 0.1) is 22.7 Å². The Hall–Kier alpha value is -4.99. The number of carbonyl (C=O) groups is 1. The minimum Gasteiger partial charge on any atom is -0.366 e. The molecule has 2 fully saturated rings. The second-order valence-electron chi connectivity index (χ2n) is 12.2. The summed E-state index contributed by atoms with van der Waals surface area (Å²) in [7, 11) is 0. The summed E-state index contributed by atoms with van der Waals surface area (Å²) in [6.45, 7) is 4.57. The number of pyridine rings is 1. The molecular formula is C39H37N5O. The smallest absolute Gasteiger partial charge is 0.254 e. The lowest BCUT2D eigenvalue weighted by atomic mass is 9.99. The quantitative estimate of drug-likeness (QED) is 0.200. The molecule has 3 heterocycles. The highest BCUT2D eigenvalue weighted by Gasteiger charge is 2.32. The molecule has 0 aliphatic carbocycles. The Kier molecular flexibility index (Phi) is 8.27. The summed E-state index contributed by atoms with van der Waals surface area (Å²) >= 11 is 0. The van der Waals surface area contributed by atoms with Crippen LogP contribution in [0, 0.1) is 11.3 Å². The highest BCUT2D eigenvalue weighted by Crippen LogP contribution is 2.31. The first-order valence-corrected chi connectivity index (χ1v) is 16.0. The maximum Gasteiger partial charge on any atom is 0.254 e. The normalized spacial score (nSPS) is 16.6. The molecule has 0 spiro atoms. The summed E-state index contributed by atoms with van der Waals surface area (Å²) in [5.74, 6) is 0.768. The second-order valence-corrected chi connectivity index (χ2v) is 12.2. The van der Waals surface area contributed by atoms with Crippen LogP contribution in [-0.4, -0.2) is 52.9 Å². The van der Waals surface area contributed by atoms with E-state index in [9.17, 15) is 10.1 Å². The van der Waals surface area contributed by atoms with Gasteiger partial charge in [-0.1, -0.05) is 72.8 Å². The van der Waals surface area contributed by atoms with E-state index in [0.717, 1.165) is 61.1 Å². The van der Waals surface area contributed by atoms with Crippen LogP contribution < -0.4 is 5.32 Å². The summed E-state index contributed by atoms with van der Waals surface area (Å²) in [4.78, 5) is 24.1. The van der Waals surface area contributed by atoms with E-state index in [0.29, 0.717) is 23.5 Å². The minimum atomic E-state index is 0.0776. The van der Waals surface area contributed by atoms with Crippen molar-refractivity contribution in [2.75, 3.05) is 31.5 Å². The van der Waals surface area contributed by atoms with Gasteiger partial charge >= 0.3 is 0 Å². The van der Waals surface area contributed by atoms with Crippen molar-refractivity contribution in [2.45, 2.75) is 38.3 Å². The number of aromatic nitrogens is 1. The summed E-state index contributed by atoms with van der Waals surface area (Å²) in [5, 5.41) is 13.7. The van der Waals surface area contributed by atoms with Gasteiger partial charge in [-0.15, -0.1) is 0 Å². The predicted molar refractivity (Wildman–Crippen MR) is 181 cm³/mol. The molecule has 0 radical (unpaired) electrons. The van der Waals surface area contributed by atoms with Gasteiger partial charge in [-0.3, -0.25) is 4.79 Å².